The zero-order chi connectivity index (χ0) is 11.8. The van der Waals surface area contributed by atoms with Gasteiger partial charge in [0.15, 0.2) is 0 Å². The molecule has 0 atom stereocenters. The lowest BCUT2D eigenvalue weighted by Crippen LogP contribution is -2.41. The number of guanidine groups is 1. The second-order valence-electron chi connectivity index (χ2n) is 3.51. The Balaban J connectivity index is 2.58. The number of aryl methyl sites for hydroxylation is 1. The minimum absolute atomic E-state index is 0.627. The van der Waals surface area contributed by atoms with Crippen LogP contribution >= 0.6 is 0 Å². The Labute approximate surface area is 96.9 Å². The molecule has 0 aliphatic heterocycles. The number of nitrogens with zero attached hydrogens (tertiary/aromatic N) is 1. The first kappa shape index (κ1) is 12.5. The highest BCUT2D eigenvalue weighted by Crippen LogP contribution is 2.05. The van der Waals surface area contributed by atoms with Crippen molar-refractivity contribution in [3.8, 4) is 0 Å². The van der Waals surface area contributed by atoms with Crippen LogP contribution in [0.2, 0.25) is 0 Å². The van der Waals surface area contributed by atoms with Crippen molar-refractivity contribution in [1.82, 2.24) is 10.7 Å². The first-order valence-corrected chi connectivity index (χ1v) is 5.62. The monoisotopic (exact) mass is 220 g/mol. The maximum atomic E-state index is 5.33. The topological polar surface area (TPSA) is 62.4 Å². The van der Waals surface area contributed by atoms with E-state index in [1.807, 2.05) is 6.92 Å². The Kier molecular flexibility index (Phi) is 5.36. The summed E-state index contributed by atoms with van der Waals surface area (Å²) in [5.41, 5.74) is 5.06. The fourth-order valence-corrected chi connectivity index (χ4v) is 1.37. The molecule has 0 aliphatic carbocycles. The van der Waals surface area contributed by atoms with E-state index >= 15 is 0 Å². The molecule has 0 bridgehead atoms. The maximum absolute atomic E-state index is 5.33. The zero-order valence-electron chi connectivity index (χ0n) is 9.96. The number of nitrogens with two attached hydrogens (primary N) is 1. The van der Waals surface area contributed by atoms with Crippen molar-refractivity contribution in [1.29, 1.82) is 0 Å². The summed E-state index contributed by atoms with van der Waals surface area (Å²) < 4.78 is 0. The van der Waals surface area contributed by atoms with E-state index in [1.54, 1.807) is 0 Å². The van der Waals surface area contributed by atoms with Gasteiger partial charge in [0.25, 0.3) is 0 Å². The van der Waals surface area contributed by atoms with Crippen LogP contribution in [-0.4, -0.2) is 12.5 Å². The van der Waals surface area contributed by atoms with Crippen LogP contribution in [0.5, 0.6) is 0 Å². The quantitative estimate of drug-likeness (QED) is 0.309. The number of aliphatic imine (C=N–C) groups is 1. The summed E-state index contributed by atoms with van der Waals surface area (Å²) in [4.78, 5) is 4.33. The molecule has 0 amide bonds. The maximum Gasteiger partial charge on any atom is 0.206 e. The fraction of sp³-hybridized carbons (Fsp3) is 0.417. The standard InChI is InChI=1S/C12H20N4/c1-3-10-5-7-11(8-6-10)9-15-12(16-13)14-4-2/h5-8H,3-4,9,13H2,1-2H3,(H2,14,15,16). The Morgan fingerprint density at radius 2 is 1.81 bits per heavy atom. The van der Waals surface area contributed by atoms with E-state index in [9.17, 15) is 0 Å². The highest BCUT2D eigenvalue weighted by atomic mass is 15.3. The van der Waals surface area contributed by atoms with Crippen molar-refractivity contribution in [2.24, 2.45) is 10.8 Å². The molecule has 0 unspecified atom stereocenters. The lowest BCUT2D eigenvalue weighted by molar-refractivity contribution is 0.852. The van der Waals surface area contributed by atoms with Gasteiger partial charge in [0.1, 0.15) is 0 Å². The highest BCUT2D eigenvalue weighted by molar-refractivity contribution is 5.79. The normalized spacial score (nSPS) is 11.3. The Hall–Kier alpha value is -1.55. The summed E-state index contributed by atoms with van der Waals surface area (Å²) in [5.74, 6) is 5.95. The van der Waals surface area contributed by atoms with Gasteiger partial charge in [-0.05, 0) is 24.5 Å². The summed E-state index contributed by atoms with van der Waals surface area (Å²) in [6.45, 7) is 5.59. The molecule has 0 radical (unpaired) electrons. The molecule has 0 saturated heterocycles. The van der Waals surface area contributed by atoms with Gasteiger partial charge >= 0.3 is 0 Å². The van der Waals surface area contributed by atoms with Gasteiger partial charge < -0.3 is 5.32 Å². The summed E-state index contributed by atoms with van der Waals surface area (Å²) >= 11 is 0. The van der Waals surface area contributed by atoms with E-state index in [0.29, 0.717) is 12.5 Å². The predicted octanol–water partition coefficient (Wildman–Crippen LogP) is 1.18. The summed E-state index contributed by atoms with van der Waals surface area (Å²) in [5, 5.41) is 3.04. The first-order valence-electron chi connectivity index (χ1n) is 5.62. The lowest BCUT2D eigenvalue weighted by Gasteiger charge is -2.06. The molecule has 1 aromatic rings. The van der Waals surface area contributed by atoms with Gasteiger partial charge in [-0.25, -0.2) is 10.8 Å². The van der Waals surface area contributed by atoms with Crippen LogP contribution in [0.1, 0.15) is 25.0 Å². The van der Waals surface area contributed by atoms with Crippen molar-refractivity contribution in [3.63, 3.8) is 0 Å². The third-order valence-corrected chi connectivity index (χ3v) is 2.33. The molecule has 0 aromatic heterocycles. The molecule has 0 aliphatic rings. The van der Waals surface area contributed by atoms with Crippen LogP contribution < -0.4 is 16.6 Å². The summed E-state index contributed by atoms with van der Waals surface area (Å²) in [6, 6.07) is 8.46. The summed E-state index contributed by atoms with van der Waals surface area (Å²) in [7, 11) is 0. The van der Waals surface area contributed by atoms with E-state index in [0.717, 1.165) is 13.0 Å². The number of nitrogens with one attached hydrogen (secondary N) is 2. The van der Waals surface area contributed by atoms with Crippen LogP contribution in [0.4, 0.5) is 0 Å². The fourth-order valence-electron chi connectivity index (χ4n) is 1.37. The molecule has 1 aromatic carbocycles. The average molecular weight is 220 g/mol. The van der Waals surface area contributed by atoms with Gasteiger partial charge in [0.05, 0.1) is 6.54 Å². The van der Waals surface area contributed by atoms with Crippen molar-refractivity contribution >= 4 is 5.96 Å². The van der Waals surface area contributed by atoms with Gasteiger partial charge in [0, 0.05) is 6.54 Å². The zero-order valence-corrected chi connectivity index (χ0v) is 9.96. The van der Waals surface area contributed by atoms with Crippen molar-refractivity contribution in [2.75, 3.05) is 6.54 Å². The van der Waals surface area contributed by atoms with Gasteiger partial charge in [-0.1, -0.05) is 31.2 Å². The van der Waals surface area contributed by atoms with E-state index in [1.165, 1.54) is 11.1 Å². The SMILES string of the molecule is CCNC(=NCc1ccc(CC)cc1)NN. The number of hydrazine groups is 1. The lowest BCUT2D eigenvalue weighted by atomic mass is 10.1. The van der Waals surface area contributed by atoms with Gasteiger partial charge in [0.2, 0.25) is 5.96 Å². The molecule has 0 saturated carbocycles. The van der Waals surface area contributed by atoms with Crippen LogP contribution in [0.15, 0.2) is 29.3 Å². The Bertz CT molecular complexity index is 329. The largest absolute Gasteiger partial charge is 0.356 e. The third-order valence-electron chi connectivity index (χ3n) is 2.33. The van der Waals surface area contributed by atoms with E-state index in [2.05, 4.69) is 46.9 Å². The molecule has 4 nitrogen and oxygen atoms in total. The molecular weight excluding hydrogens is 200 g/mol. The van der Waals surface area contributed by atoms with Crippen molar-refractivity contribution in [2.45, 2.75) is 26.8 Å². The molecule has 0 fully saturated rings. The smallest absolute Gasteiger partial charge is 0.206 e. The highest BCUT2D eigenvalue weighted by Gasteiger charge is 1.95. The number of hydrogen-bond donors (Lipinski definition) is 3. The molecule has 0 heterocycles. The molecule has 88 valence electrons. The van der Waals surface area contributed by atoms with Crippen LogP contribution in [0.3, 0.4) is 0 Å². The second-order valence-corrected chi connectivity index (χ2v) is 3.51. The van der Waals surface area contributed by atoms with Crippen molar-refractivity contribution in [3.05, 3.63) is 35.4 Å². The number of hydrogen-bond acceptors (Lipinski definition) is 2. The number of rotatable bonds is 4. The molecule has 0 spiro atoms. The number of benzene rings is 1. The van der Waals surface area contributed by atoms with Crippen LogP contribution in [-0.2, 0) is 13.0 Å². The first-order chi connectivity index (χ1) is 7.80. The van der Waals surface area contributed by atoms with E-state index < -0.39 is 0 Å². The minimum Gasteiger partial charge on any atom is -0.356 e. The molecular formula is C12H20N4. The van der Waals surface area contributed by atoms with E-state index in [-0.39, 0.29) is 0 Å². The Morgan fingerprint density at radius 1 is 1.19 bits per heavy atom. The minimum atomic E-state index is 0.627. The predicted molar refractivity (Wildman–Crippen MR) is 68.0 cm³/mol. The molecule has 4 heteroatoms. The average Bonchev–Trinajstić information content (AvgIpc) is 2.35. The van der Waals surface area contributed by atoms with E-state index in [4.69, 9.17) is 5.84 Å². The summed E-state index contributed by atoms with van der Waals surface area (Å²) in [6.07, 6.45) is 1.07. The van der Waals surface area contributed by atoms with Gasteiger partial charge in [-0.3, -0.25) is 5.43 Å². The van der Waals surface area contributed by atoms with Gasteiger partial charge in [-0.2, -0.15) is 0 Å². The van der Waals surface area contributed by atoms with Crippen LogP contribution in [0, 0.1) is 0 Å². The molecule has 1 rings (SSSR count). The molecule has 16 heavy (non-hydrogen) atoms. The second kappa shape index (κ2) is 6.85. The Morgan fingerprint density at radius 3 is 2.31 bits per heavy atom. The van der Waals surface area contributed by atoms with Gasteiger partial charge in [-0.15, -0.1) is 0 Å². The third kappa shape index (κ3) is 3.90. The molecule has 4 N–H and O–H groups in total. The van der Waals surface area contributed by atoms with Crippen LogP contribution in [0.25, 0.3) is 0 Å². The van der Waals surface area contributed by atoms with Crippen molar-refractivity contribution < 1.29 is 0 Å².